The number of rotatable bonds is 4. The Kier molecular flexibility index (Phi) is 3.14. The van der Waals surface area contributed by atoms with Gasteiger partial charge in [-0.3, -0.25) is 4.79 Å². The Morgan fingerprint density at radius 1 is 1.48 bits per heavy atom. The summed E-state index contributed by atoms with van der Waals surface area (Å²) in [6, 6.07) is 1.52. The van der Waals surface area contributed by atoms with Crippen LogP contribution in [0.4, 0.5) is 0 Å². The van der Waals surface area contributed by atoms with E-state index in [1.54, 1.807) is 5.38 Å². The van der Waals surface area contributed by atoms with Crippen molar-refractivity contribution in [2.24, 2.45) is 0 Å². The van der Waals surface area contributed by atoms with E-state index in [1.165, 1.54) is 17.4 Å². The number of thiazole rings is 1. The fourth-order valence-corrected chi connectivity index (χ4v) is 2.21. The Labute approximate surface area is 120 Å². The summed E-state index contributed by atoms with van der Waals surface area (Å²) in [5.41, 5.74) is 0.806. The van der Waals surface area contributed by atoms with Crippen LogP contribution in [0.2, 0.25) is 0 Å². The lowest BCUT2D eigenvalue weighted by atomic mass is 10.3. The Morgan fingerprint density at radius 2 is 2.29 bits per heavy atom. The minimum Gasteiger partial charge on any atom is -0.480 e. The van der Waals surface area contributed by atoms with Crippen LogP contribution in [0.15, 0.2) is 25.2 Å². The second kappa shape index (κ2) is 4.98. The third-order valence-electron chi connectivity index (χ3n) is 2.49. The summed E-state index contributed by atoms with van der Waals surface area (Å²) in [6.07, 6.45) is 0. The molecule has 0 bridgehead atoms. The van der Waals surface area contributed by atoms with Crippen molar-refractivity contribution in [2.75, 3.05) is 0 Å². The van der Waals surface area contributed by atoms with Crippen molar-refractivity contribution in [3.63, 3.8) is 0 Å². The van der Waals surface area contributed by atoms with E-state index in [1.807, 2.05) is 6.92 Å². The number of aromatic nitrogens is 4. The first-order chi connectivity index (χ1) is 10.0. The van der Waals surface area contributed by atoms with Gasteiger partial charge in [-0.25, -0.2) is 9.78 Å². The molecule has 0 aliphatic carbocycles. The Bertz CT molecular complexity index is 858. The largest absolute Gasteiger partial charge is 0.480 e. The molecule has 0 amide bonds. The molecule has 0 unspecified atom stereocenters. The van der Waals surface area contributed by atoms with Crippen LogP contribution in [0.3, 0.4) is 0 Å². The summed E-state index contributed by atoms with van der Waals surface area (Å²) in [5.74, 6) is -1.77. The Balaban J connectivity index is 1.93. The van der Waals surface area contributed by atoms with Crippen LogP contribution in [-0.4, -0.2) is 31.0 Å². The van der Waals surface area contributed by atoms with E-state index in [2.05, 4.69) is 15.2 Å². The summed E-state index contributed by atoms with van der Waals surface area (Å²) in [5, 5.41) is 18.8. The predicted molar refractivity (Wildman–Crippen MR) is 69.7 cm³/mol. The van der Waals surface area contributed by atoms with Gasteiger partial charge in [0, 0.05) is 11.4 Å². The topological polar surface area (TPSA) is 124 Å². The van der Waals surface area contributed by atoms with Crippen molar-refractivity contribution in [3.8, 4) is 23.0 Å². The summed E-state index contributed by atoms with van der Waals surface area (Å²) in [7, 11) is 0. The highest BCUT2D eigenvalue weighted by Gasteiger charge is 2.17. The molecule has 0 radical (unpaired) electrons. The second-order valence-corrected chi connectivity index (χ2v) is 5.11. The van der Waals surface area contributed by atoms with E-state index in [9.17, 15) is 9.59 Å². The molecule has 3 aromatic heterocycles. The van der Waals surface area contributed by atoms with Gasteiger partial charge in [-0.2, -0.15) is 4.68 Å². The molecule has 3 aromatic rings. The summed E-state index contributed by atoms with van der Waals surface area (Å²) in [4.78, 5) is 26.2. The van der Waals surface area contributed by atoms with Gasteiger partial charge >= 0.3 is 11.7 Å². The van der Waals surface area contributed by atoms with Gasteiger partial charge in [-0.15, -0.1) is 16.4 Å². The molecule has 3 rings (SSSR count). The zero-order valence-electron chi connectivity index (χ0n) is 10.6. The number of aryl methyl sites for hydroxylation is 1. The third kappa shape index (κ3) is 2.60. The minimum absolute atomic E-state index is 0.108. The van der Waals surface area contributed by atoms with Crippen LogP contribution in [0.1, 0.15) is 5.01 Å². The van der Waals surface area contributed by atoms with E-state index >= 15 is 0 Å². The van der Waals surface area contributed by atoms with Crippen molar-refractivity contribution in [3.05, 3.63) is 27.0 Å². The zero-order chi connectivity index (χ0) is 15.0. The highest BCUT2D eigenvalue weighted by atomic mass is 32.1. The maximum Gasteiger partial charge on any atom is 0.438 e. The summed E-state index contributed by atoms with van der Waals surface area (Å²) < 4.78 is 10.7. The lowest BCUT2D eigenvalue weighted by molar-refractivity contribution is -0.138. The fraction of sp³-hybridized carbons (Fsp3) is 0.182. The van der Waals surface area contributed by atoms with E-state index in [-0.39, 0.29) is 11.6 Å². The van der Waals surface area contributed by atoms with Gasteiger partial charge in [0.2, 0.25) is 0 Å². The van der Waals surface area contributed by atoms with Gasteiger partial charge in [-0.05, 0) is 6.92 Å². The highest BCUT2D eigenvalue weighted by Crippen LogP contribution is 2.25. The standard InChI is InChI=1S/C11H8N4O5S/c1-5-12-7(4-21-5)8-2-6(14-20-8)10-13-15(3-9(16)17)11(18)19-10/h2,4H,3H2,1H3,(H,16,17). The molecule has 0 spiro atoms. The van der Waals surface area contributed by atoms with Crippen LogP contribution < -0.4 is 5.76 Å². The predicted octanol–water partition coefficient (Wildman–Crippen LogP) is 1.01. The average molecular weight is 308 g/mol. The van der Waals surface area contributed by atoms with Crippen LogP contribution in [0, 0.1) is 6.92 Å². The molecule has 3 heterocycles. The molecule has 0 atom stereocenters. The molecular weight excluding hydrogens is 300 g/mol. The number of carbonyl (C=O) groups is 1. The third-order valence-corrected chi connectivity index (χ3v) is 3.27. The molecule has 0 fully saturated rings. The number of aliphatic carboxylic acids is 1. The molecule has 0 aliphatic heterocycles. The highest BCUT2D eigenvalue weighted by molar-refractivity contribution is 7.09. The molecule has 0 aliphatic rings. The SMILES string of the molecule is Cc1nc(-c2cc(-c3nn(CC(=O)O)c(=O)o3)no2)cs1. The number of nitrogens with zero attached hydrogens (tertiary/aromatic N) is 4. The molecule has 0 aromatic carbocycles. The van der Waals surface area contributed by atoms with Gasteiger partial charge in [0.15, 0.2) is 11.5 Å². The van der Waals surface area contributed by atoms with Gasteiger partial charge in [-0.1, -0.05) is 5.16 Å². The second-order valence-electron chi connectivity index (χ2n) is 4.05. The van der Waals surface area contributed by atoms with E-state index in [0.717, 1.165) is 5.01 Å². The number of hydrogen-bond donors (Lipinski definition) is 1. The number of carboxylic acids is 1. The zero-order valence-corrected chi connectivity index (χ0v) is 11.5. The van der Waals surface area contributed by atoms with E-state index in [4.69, 9.17) is 14.0 Å². The van der Waals surface area contributed by atoms with Gasteiger partial charge < -0.3 is 14.0 Å². The lowest BCUT2D eigenvalue weighted by Crippen LogP contribution is -2.20. The van der Waals surface area contributed by atoms with Crippen molar-refractivity contribution < 1.29 is 18.8 Å². The lowest BCUT2D eigenvalue weighted by Gasteiger charge is -1.88. The van der Waals surface area contributed by atoms with Crippen LogP contribution in [0.5, 0.6) is 0 Å². The molecular formula is C11H8N4O5S. The van der Waals surface area contributed by atoms with Crippen molar-refractivity contribution in [1.29, 1.82) is 0 Å². The molecule has 10 heteroatoms. The van der Waals surface area contributed by atoms with Crippen LogP contribution in [0.25, 0.3) is 23.0 Å². The Hall–Kier alpha value is -2.75. The van der Waals surface area contributed by atoms with Gasteiger partial charge in [0.25, 0.3) is 5.89 Å². The maximum absolute atomic E-state index is 11.4. The summed E-state index contributed by atoms with van der Waals surface area (Å²) in [6.45, 7) is 1.27. The first kappa shape index (κ1) is 13.2. The van der Waals surface area contributed by atoms with Gasteiger partial charge in [0.05, 0.1) is 5.01 Å². The first-order valence-electron chi connectivity index (χ1n) is 5.72. The molecule has 0 saturated heterocycles. The molecule has 9 nitrogen and oxygen atoms in total. The van der Waals surface area contributed by atoms with E-state index < -0.39 is 18.3 Å². The summed E-state index contributed by atoms with van der Waals surface area (Å²) >= 11 is 1.46. The fourth-order valence-electron chi connectivity index (χ4n) is 1.61. The minimum atomic E-state index is -1.20. The monoisotopic (exact) mass is 308 g/mol. The van der Waals surface area contributed by atoms with Crippen LogP contribution in [-0.2, 0) is 11.3 Å². The average Bonchev–Trinajstić information content (AvgIpc) is 3.09. The molecule has 21 heavy (non-hydrogen) atoms. The smallest absolute Gasteiger partial charge is 0.438 e. The van der Waals surface area contributed by atoms with Crippen molar-refractivity contribution in [1.82, 2.24) is 19.9 Å². The molecule has 108 valence electrons. The van der Waals surface area contributed by atoms with E-state index in [0.29, 0.717) is 16.1 Å². The Morgan fingerprint density at radius 3 is 2.95 bits per heavy atom. The van der Waals surface area contributed by atoms with Crippen LogP contribution >= 0.6 is 11.3 Å². The normalized spacial score (nSPS) is 10.9. The molecule has 0 saturated carbocycles. The number of carboxylic acid groups (broad SMARTS) is 1. The quantitative estimate of drug-likeness (QED) is 0.757. The van der Waals surface area contributed by atoms with Crippen molar-refractivity contribution >= 4 is 17.3 Å². The first-order valence-corrected chi connectivity index (χ1v) is 6.60. The number of hydrogen-bond acceptors (Lipinski definition) is 8. The molecule has 1 N–H and O–H groups in total. The maximum atomic E-state index is 11.4. The van der Waals surface area contributed by atoms with Crippen molar-refractivity contribution in [2.45, 2.75) is 13.5 Å². The van der Waals surface area contributed by atoms with Gasteiger partial charge in [0.1, 0.15) is 12.2 Å².